The van der Waals surface area contributed by atoms with Crippen molar-refractivity contribution in [3.63, 3.8) is 0 Å². The maximum Gasteiger partial charge on any atom is 0.280 e. The van der Waals surface area contributed by atoms with Gasteiger partial charge in [0.25, 0.3) is 11.7 Å². The third-order valence-corrected chi connectivity index (χ3v) is 2.10. The van der Waals surface area contributed by atoms with E-state index in [-0.39, 0.29) is 10.6 Å². The van der Waals surface area contributed by atoms with Gasteiger partial charge in [-0.1, -0.05) is 11.6 Å². The van der Waals surface area contributed by atoms with Crippen molar-refractivity contribution in [2.24, 2.45) is 0 Å². The topological polar surface area (TPSA) is 53.8 Å². The van der Waals surface area contributed by atoms with Crippen LogP contribution in [0.4, 0.5) is 8.78 Å². The van der Waals surface area contributed by atoms with Crippen molar-refractivity contribution in [2.45, 2.75) is 6.43 Å². The number of nitriles is 1. The van der Waals surface area contributed by atoms with Gasteiger partial charge in [0, 0.05) is 0 Å². The summed E-state index contributed by atoms with van der Waals surface area (Å²) in [6.07, 6.45) is -2.90. The van der Waals surface area contributed by atoms with Gasteiger partial charge in [-0.25, -0.2) is 13.8 Å². The molecule has 7 heteroatoms. The first kappa shape index (κ1) is 11.8. The fourth-order valence-electron chi connectivity index (χ4n) is 0.878. The normalized spacial score (nSPS) is 10.1. The molecule has 0 aromatic carbocycles. The lowest BCUT2D eigenvalue weighted by Crippen LogP contribution is -2.01. The van der Waals surface area contributed by atoms with E-state index in [1.807, 2.05) is 0 Å². The summed E-state index contributed by atoms with van der Waals surface area (Å²) in [5, 5.41) is 7.20. The molecular weight excluding hydrogens is 249 g/mol. The molecule has 0 aliphatic carbocycles. The van der Waals surface area contributed by atoms with Crippen molar-refractivity contribution < 1.29 is 13.6 Å². The van der Waals surface area contributed by atoms with E-state index < -0.39 is 23.1 Å². The fraction of sp³-hybridized carbons (Fsp3) is 0.125. The van der Waals surface area contributed by atoms with Crippen molar-refractivity contribution in [2.75, 3.05) is 0 Å². The van der Waals surface area contributed by atoms with E-state index in [4.69, 9.17) is 28.5 Å². The standard InChI is InChI=1S/C8H2Cl2F2N2O/c9-6-3(7(10)15)1-4(8(11)12)14-5(6)2-13/h1,8H. The van der Waals surface area contributed by atoms with Gasteiger partial charge in [-0.2, -0.15) is 5.26 Å². The Morgan fingerprint density at radius 3 is 2.60 bits per heavy atom. The average molecular weight is 251 g/mol. The molecule has 0 bridgehead atoms. The summed E-state index contributed by atoms with van der Waals surface area (Å²) in [5.74, 6) is 0. The Hall–Kier alpha value is -1.25. The zero-order chi connectivity index (χ0) is 11.6. The van der Waals surface area contributed by atoms with E-state index in [1.165, 1.54) is 6.07 Å². The minimum absolute atomic E-state index is 0.318. The summed E-state index contributed by atoms with van der Waals surface area (Å²) in [6.45, 7) is 0. The molecule has 0 saturated heterocycles. The van der Waals surface area contributed by atoms with Gasteiger partial charge in [-0.05, 0) is 17.7 Å². The number of rotatable bonds is 2. The number of pyridine rings is 1. The lowest BCUT2D eigenvalue weighted by atomic mass is 10.2. The van der Waals surface area contributed by atoms with Crippen LogP contribution in [0.3, 0.4) is 0 Å². The average Bonchev–Trinajstić information content (AvgIpc) is 2.17. The molecule has 1 aromatic heterocycles. The van der Waals surface area contributed by atoms with Crippen molar-refractivity contribution in [1.82, 2.24) is 4.98 Å². The summed E-state index contributed by atoms with van der Waals surface area (Å²) in [4.78, 5) is 14.1. The third-order valence-electron chi connectivity index (χ3n) is 1.52. The second kappa shape index (κ2) is 4.51. The van der Waals surface area contributed by atoms with Crippen molar-refractivity contribution in [3.05, 3.63) is 28.0 Å². The molecule has 0 amide bonds. The molecule has 0 saturated carbocycles. The van der Waals surface area contributed by atoms with Crippen LogP contribution in [0.25, 0.3) is 0 Å². The molecule has 1 heterocycles. The number of aromatic nitrogens is 1. The molecule has 15 heavy (non-hydrogen) atoms. The quantitative estimate of drug-likeness (QED) is 0.759. The Balaban J connectivity index is 3.47. The predicted molar refractivity (Wildman–Crippen MR) is 49.1 cm³/mol. The lowest BCUT2D eigenvalue weighted by Gasteiger charge is -2.04. The highest BCUT2D eigenvalue weighted by Gasteiger charge is 2.19. The molecule has 0 aliphatic rings. The Morgan fingerprint density at radius 2 is 2.20 bits per heavy atom. The molecule has 0 spiro atoms. The number of hydrogen-bond acceptors (Lipinski definition) is 3. The Bertz CT molecular complexity index is 457. The number of hydrogen-bond donors (Lipinski definition) is 0. The Morgan fingerprint density at radius 1 is 1.60 bits per heavy atom. The lowest BCUT2D eigenvalue weighted by molar-refractivity contribution is 0.108. The molecule has 0 fully saturated rings. The maximum atomic E-state index is 12.3. The summed E-state index contributed by atoms with van der Waals surface area (Å²) in [6, 6.07) is 2.27. The van der Waals surface area contributed by atoms with E-state index in [0.717, 1.165) is 6.07 Å². The van der Waals surface area contributed by atoms with Gasteiger partial charge < -0.3 is 0 Å². The van der Waals surface area contributed by atoms with Crippen LogP contribution in [0.5, 0.6) is 0 Å². The molecule has 1 aromatic rings. The molecule has 0 aliphatic heterocycles. The minimum atomic E-state index is -2.90. The molecule has 78 valence electrons. The minimum Gasteiger partial charge on any atom is -0.276 e. The van der Waals surface area contributed by atoms with E-state index >= 15 is 0 Å². The molecular formula is C8H2Cl2F2N2O. The van der Waals surface area contributed by atoms with Crippen LogP contribution >= 0.6 is 23.2 Å². The van der Waals surface area contributed by atoms with Gasteiger partial charge in [0.2, 0.25) is 0 Å². The van der Waals surface area contributed by atoms with Crippen LogP contribution in [0.15, 0.2) is 6.07 Å². The molecule has 0 unspecified atom stereocenters. The highest BCUT2D eigenvalue weighted by atomic mass is 35.5. The smallest absolute Gasteiger partial charge is 0.276 e. The maximum absolute atomic E-state index is 12.3. The Kier molecular flexibility index (Phi) is 3.56. The second-order valence-electron chi connectivity index (χ2n) is 2.44. The largest absolute Gasteiger partial charge is 0.280 e. The zero-order valence-corrected chi connectivity index (χ0v) is 8.48. The highest BCUT2D eigenvalue weighted by Crippen LogP contribution is 2.26. The first-order chi connectivity index (χ1) is 6.97. The molecule has 3 nitrogen and oxygen atoms in total. The fourth-order valence-corrected chi connectivity index (χ4v) is 1.30. The number of nitrogens with zero attached hydrogens (tertiary/aromatic N) is 2. The molecule has 0 atom stereocenters. The van der Waals surface area contributed by atoms with Gasteiger partial charge in [0.05, 0.1) is 10.6 Å². The molecule has 0 radical (unpaired) electrons. The van der Waals surface area contributed by atoms with E-state index in [2.05, 4.69) is 4.98 Å². The van der Waals surface area contributed by atoms with E-state index in [1.54, 1.807) is 0 Å². The third kappa shape index (κ3) is 2.41. The number of alkyl halides is 2. The highest BCUT2D eigenvalue weighted by molar-refractivity contribution is 6.68. The van der Waals surface area contributed by atoms with E-state index in [9.17, 15) is 13.6 Å². The van der Waals surface area contributed by atoms with Crippen LogP contribution in [0.2, 0.25) is 5.02 Å². The van der Waals surface area contributed by atoms with Crippen LogP contribution < -0.4 is 0 Å². The summed E-state index contributed by atoms with van der Waals surface area (Å²) >= 11 is 10.7. The predicted octanol–water partition coefficient (Wildman–Crippen LogP) is 2.92. The van der Waals surface area contributed by atoms with Crippen LogP contribution in [-0.2, 0) is 0 Å². The van der Waals surface area contributed by atoms with Crippen molar-refractivity contribution in [3.8, 4) is 6.07 Å². The molecule has 1 rings (SSSR count). The van der Waals surface area contributed by atoms with Gasteiger partial charge in [-0.15, -0.1) is 0 Å². The van der Waals surface area contributed by atoms with Gasteiger partial charge in [-0.3, -0.25) is 4.79 Å². The van der Waals surface area contributed by atoms with E-state index in [0.29, 0.717) is 0 Å². The number of carbonyl (C=O) groups excluding carboxylic acids is 1. The molecule has 0 N–H and O–H groups in total. The second-order valence-corrected chi connectivity index (χ2v) is 3.16. The number of carbonyl (C=O) groups is 1. The van der Waals surface area contributed by atoms with Gasteiger partial charge in [0.15, 0.2) is 5.69 Å². The van der Waals surface area contributed by atoms with Crippen molar-refractivity contribution in [1.29, 1.82) is 5.26 Å². The van der Waals surface area contributed by atoms with Crippen LogP contribution in [-0.4, -0.2) is 10.2 Å². The van der Waals surface area contributed by atoms with Crippen LogP contribution in [0, 0.1) is 11.3 Å². The van der Waals surface area contributed by atoms with Crippen LogP contribution in [0.1, 0.15) is 28.2 Å². The summed E-state index contributed by atoms with van der Waals surface area (Å²) in [5.41, 5.74) is -1.50. The summed E-state index contributed by atoms with van der Waals surface area (Å²) < 4.78 is 24.6. The SMILES string of the molecule is N#Cc1nc(C(F)F)cc(C(=O)Cl)c1Cl. The monoisotopic (exact) mass is 250 g/mol. The van der Waals surface area contributed by atoms with Gasteiger partial charge in [0.1, 0.15) is 11.8 Å². The first-order valence-electron chi connectivity index (χ1n) is 3.56. The zero-order valence-electron chi connectivity index (χ0n) is 6.97. The first-order valence-corrected chi connectivity index (χ1v) is 4.31. The van der Waals surface area contributed by atoms with Gasteiger partial charge >= 0.3 is 0 Å². The summed E-state index contributed by atoms with van der Waals surface area (Å²) in [7, 11) is 0. The van der Waals surface area contributed by atoms with Crippen molar-refractivity contribution >= 4 is 28.4 Å². The Labute approximate surface area is 93.2 Å². The number of halogens is 4.